The van der Waals surface area contributed by atoms with E-state index >= 15 is 0 Å². The molecule has 0 radical (unpaired) electrons. The minimum absolute atomic E-state index is 0.0397. The van der Waals surface area contributed by atoms with Crippen LogP contribution in [0.15, 0.2) is 0 Å². The third-order valence-electron chi connectivity index (χ3n) is 2.87. The second-order valence-corrected chi connectivity index (χ2v) is 6.39. The number of amides is 1. The Bertz CT molecular complexity index is 356. The van der Waals surface area contributed by atoms with Gasteiger partial charge >= 0.3 is 0 Å². The topological polar surface area (TPSA) is 87.3 Å². The normalized spacial score (nSPS) is 24.8. The summed E-state index contributed by atoms with van der Waals surface area (Å²) in [6.07, 6.45) is 1.73. The summed E-state index contributed by atoms with van der Waals surface area (Å²) in [6, 6.07) is 0. The molecule has 17 heavy (non-hydrogen) atoms. The van der Waals surface area contributed by atoms with E-state index < -0.39 is 10.0 Å². The van der Waals surface area contributed by atoms with Crippen molar-refractivity contribution in [1.29, 1.82) is 0 Å². The smallest absolute Gasteiger partial charge is 0.224 e. The maximum absolute atomic E-state index is 11.7. The fraction of sp³-hybridized carbons (Fsp3) is 0.900. The van der Waals surface area contributed by atoms with Crippen LogP contribution in [0.1, 0.15) is 13.3 Å². The summed E-state index contributed by atoms with van der Waals surface area (Å²) in [4.78, 5) is 11.7. The lowest BCUT2D eigenvalue weighted by Gasteiger charge is -2.14. The van der Waals surface area contributed by atoms with Crippen LogP contribution >= 0.6 is 0 Å². The third-order valence-corrected chi connectivity index (χ3v) is 3.60. The average Bonchev–Trinajstić information content (AvgIpc) is 2.62. The van der Waals surface area contributed by atoms with Crippen LogP contribution in [0.3, 0.4) is 0 Å². The van der Waals surface area contributed by atoms with Gasteiger partial charge in [-0.2, -0.15) is 0 Å². The molecule has 1 fully saturated rings. The first-order valence-corrected chi connectivity index (χ1v) is 7.72. The van der Waals surface area contributed by atoms with Gasteiger partial charge in [0, 0.05) is 19.6 Å². The second kappa shape index (κ2) is 6.32. The van der Waals surface area contributed by atoms with Gasteiger partial charge in [-0.05, 0) is 18.9 Å². The van der Waals surface area contributed by atoms with Crippen LogP contribution < -0.4 is 15.4 Å². The standard InChI is InChI=1S/C10H21N3O3S/c1-8-6-11-7-9(8)10(14)12-4-3-5-13-17(2,15)16/h8-9,11,13H,3-7H2,1-2H3,(H,12,14). The van der Waals surface area contributed by atoms with Crippen molar-refractivity contribution < 1.29 is 13.2 Å². The summed E-state index contributed by atoms with van der Waals surface area (Å²) in [7, 11) is -3.12. The average molecular weight is 263 g/mol. The Morgan fingerprint density at radius 3 is 2.59 bits per heavy atom. The molecule has 100 valence electrons. The summed E-state index contributed by atoms with van der Waals surface area (Å²) in [6.45, 7) is 4.53. The molecule has 1 amide bonds. The van der Waals surface area contributed by atoms with Crippen LogP contribution in [0.25, 0.3) is 0 Å². The highest BCUT2D eigenvalue weighted by Crippen LogP contribution is 2.15. The molecule has 0 aliphatic carbocycles. The maximum atomic E-state index is 11.7. The van der Waals surface area contributed by atoms with E-state index in [1.54, 1.807) is 0 Å². The number of nitrogens with one attached hydrogen (secondary N) is 3. The van der Waals surface area contributed by atoms with E-state index in [0.29, 0.717) is 25.4 Å². The molecule has 0 spiro atoms. The summed E-state index contributed by atoms with van der Waals surface area (Å²) in [5, 5.41) is 6.00. The molecule has 1 heterocycles. The molecular weight excluding hydrogens is 242 g/mol. The molecule has 1 saturated heterocycles. The van der Waals surface area contributed by atoms with Crippen LogP contribution in [-0.4, -0.2) is 46.8 Å². The van der Waals surface area contributed by atoms with Crippen molar-refractivity contribution in [2.45, 2.75) is 13.3 Å². The monoisotopic (exact) mass is 263 g/mol. The van der Waals surface area contributed by atoms with E-state index in [1.165, 1.54) is 0 Å². The van der Waals surface area contributed by atoms with E-state index in [1.807, 2.05) is 0 Å². The van der Waals surface area contributed by atoms with Crippen LogP contribution in [0, 0.1) is 11.8 Å². The minimum Gasteiger partial charge on any atom is -0.356 e. The predicted molar refractivity (Wildman–Crippen MR) is 66.0 cm³/mol. The zero-order chi connectivity index (χ0) is 12.9. The molecule has 1 aliphatic heterocycles. The van der Waals surface area contributed by atoms with Gasteiger partial charge in [0.25, 0.3) is 0 Å². The van der Waals surface area contributed by atoms with E-state index in [9.17, 15) is 13.2 Å². The van der Waals surface area contributed by atoms with Crippen molar-refractivity contribution >= 4 is 15.9 Å². The summed E-state index contributed by atoms with van der Waals surface area (Å²) >= 11 is 0. The van der Waals surface area contributed by atoms with Gasteiger partial charge in [0.1, 0.15) is 0 Å². The summed E-state index contributed by atoms with van der Waals surface area (Å²) in [5.41, 5.74) is 0. The SMILES string of the molecule is CC1CNCC1C(=O)NCCCNS(C)(=O)=O. The molecule has 1 rings (SSSR count). The van der Waals surface area contributed by atoms with Crippen LogP contribution in [0.4, 0.5) is 0 Å². The maximum Gasteiger partial charge on any atom is 0.224 e. The molecule has 0 aromatic rings. The van der Waals surface area contributed by atoms with Crippen molar-refractivity contribution in [1.82, 2.24) is 15.4 Å². The fourth-order valence-electron chi connectivity index (χ4n) is 1.85. The highest BCUT2D eigenvalue weighted by atomic mass is 32.2. The van der Waals surface area contributed by atoms with Gasteiger partial charge in [0.05, 0.1) is 12.2 Å². The quantitative estimate of drug-likeness (QED) is 0.531. The molecule has 0 aromatic heterocycles. The molecule has 0 bridgehead atoms. The summed E-state index contributed by atoms with van der Waals surface area (Å²) < 4.78 is 23.9. The van der Waals surface area contributed by atoms with Crippen molar-refractivity contribution in [2.75, 3.05) is 32.4 Å². The zero-order valence-electron chi connectivity index (χ0n) is 10.3. The highest BCUT2D eigenvalue weighted by Gasteiger charge is 2.28. The fourth-order valence-corrected chi connectivity index (χ4v) is 2.36. The molecule has 0 saturated carbocycles. The first-order valence-electron chi connectivity index (χ1n) is 5.83. The van der Waals surface area contributed by atoms with Crippen molar-refractivity contribution in [3.8, 4) is 0 Å². The molecule has 6 nitrogen and oxygen atoms in total. The molecule has 1 aliphatic rings. The van der Waals surface area contributed by atoms with Gasteiger partial charge in [-0.1, -0.05) is 6.92 Å². The zero-order valence-corrected chi connectivity index (χ0v) is 11.1. The molecule has 3 N–H and O–H groups in total. The van der Waals surface area contributed by atoms with Gasteiger partial charge in [-0.3, -0.25) is 4.79 Å². The van der Waals surface area contributed by atoms with E-state index in [2.05, 4.69) is 22.3 Å². The lowest BCUT2D eigenvalue weighted by Crippen LogP contribution is -2.36. The summed E-state index contributed by atoms with van der Waals surface area (Å²) in [5.74, 6) is 0.462. The Morgan fingerprint density at radius 2 is 2.06 bits per heavy atom. The van der Waals surface area contributed by atoms with Gasteiger partial charge in [-0.15, -0.1) is 0 Å². The van der Waals surface area contributed by atoms with Gasteiger partial charge in [0.15, 0.2) is 0 Å². The van der Waals surface area contributed by atoms with E-state index in [0.717, 1.165) is 19.3 Å². The van der Waals surface area contributed by atoms with Crippen LogP contribution in [0.5, 0.6) is 0 Å². The van der Waals surface area contributed by atoms with E-state index in [4.69, 9.17) is 0 Å². The minimum atomic E-state index is -3.12. The first kappa shape index (κ1) is 14.4. The Balaban J connectivity index is 2.12. The van der Waals surface area contributed by atoms with Gasteiger partial charge in [-0.25, -0.2) is 13.1 Å². The molecule has 2 atom stereocenters. The Hall–Kier alpha value is -0.660. The molecule has 2 unspecified atom stereocenters. The Morgan fingerprint density at radius 1 is 1.35 bits per heavy atom. The van der Waals surface area contributed by atoms with Crippen molar-refractivity contribution in [2.24, 2.45) is 11.8 Å². The number of rotatable bonds is 6. The lowest BCUT2D eigenvalue weighted by atomic mass is 9.97. The Kier molecular flexibility index (Phi) is 5.35. The highest BCUT2D eigenvalue weighted by molar-refractivity contribution is 7.88. The number of sulfonamides is 1. The van der Waals surface area contributed by atoms with Crippen LogP contribution in [-0.2, 0) is 14.8 Å². The van der Waals surface area contributed by atoms with Gasteiger partial charge in [0.2, 0.25) is 15.9 Å². The first-order chi connectivity index (χ1) is 7.90. The Labute approximate surface area is 103 Å². The number of carbonyl (C=O) groups excluding carboxylic acids is 1. The van der Waals surface area contributed by atoms with Crippen molar-refractivity contribution in [3.63, 3.8) is 0 Å². The third kappa shape index (κ3) is 5.47. The second-order valence-electron chi connectivity index (χ2n) is 4.55. The molecular formula is C10H21N3O3S. The molecule has 0 aromatic carbocycles. The molecule has 7 heteroatoms. The van der Waals surface area contributed by atoms with Crippen LogP contribution in [0.2, 0.25) is 0 Å². The van der Waals surface area contributed by atoms with Gasteiger partial charge < -0.3 is 10.6 Å². The lowest BCUT2D eigenvalue weighted by molar-refractivity contribution is -0.125. The number of carbonyl (C=O) groups is 1. The number of hydrogen-bond donors (Lipinski definition) is 3. The predicted octanol–water partition coefficient (Wildman–Crippen LogP) is -1.10. The van der Waals surface area contributed by atoms with Crippen molar-refractivity contribution in [3.05, 3.63) is 0 Å². The number of hydrogen-bond acceptors (Lipinski definition) is 4. The largest absolute Gasteiger partial charge is 0.356 e. The van der Waals surface area contributed by atoms with E-state index in [-0.39, 0.29) is 11.8 Å².